The smallest absolute Gasteiger partial charge is 0.270 e. The summed E-state index contributed by atoms with van der Waals surface area (Å²) in [4.78, 5) is 38.9. The van der Waals surface area contributed by atoms with Gasteiger partial charge in [-0.2, -0.15) is 0 Å². The second-order valence-electron chi connectivity index (χ2n) is 9.61. The van der Waals surface area contributed by atoms with Crippen LogP contribution in [0.5, 0.6) is 0 Å². The highest BCUT2D eigenvalue weighted by atomic mass is 16.2. The van der Waals surface area contributed by atoms with Crippen LogP contribution >= 0.6 is 0 Å². The number of hydrogen-bond acceptors (Lipinski definition) is 5. The monoisotopic (exact) mass is 455 g/mol. The van der Waals surface area contributed by atoms with Crippen molar-refractivity contribution >= 4 is 17.6 Å². The van der Waals surface area contributed by atoms with Crippen LogP contribution in [0, 0.1) is 6.92 Å². The van der Waals surface area contributed by atoms with Gasteiger partial charge in [0.1, 0.15) is 11.5 Å². The highest BCUT2D eigenvalue weighted by Gasteiger charge is 2.48. The van der Waals surface area contributed by atoms with E-state index < -0.39 is 5.41 Å². The molecular weight excluding hydrogens is 426 g/mol. The number of carbonyl (C=O) groups excluding carboxylic acids is 2. The summed E-state index contributed by atoms with van der Waals surface area (Å²) >= 11 is 0. The zero-order chi connectivity index (χ0) is 23.9. The number of hydrogen-bond donors (Lipinski definition) is 2. The molecule has 0 radical (unpaired) electrons. The van der Waals surface area contributed by atoms with E-state index in [2.05, 4.69) is 31.7 Å². The van der Waals surface area contributed by atoms with E-state index in [-0.39, 0.29) is 17.7 Å². The lowest BCUT2D eigenvalue weighted by atomic mass is 9.71. The minimum Gasteiger partial charge on any atom is -0.347 e. The zero-order valence-corrected chi connectivity index (χ0v) is 19.8. The molecule has 0 saturated heterocycles. The van der Waals surface area contributed by atoms with E-state index in [9.17, 15) is 9.59 Å². The van der Waals surface area contributed by atoms with E-state index in [1.165, 1.54) is 19.3 Å². The Morgan fingerprint density at radius 2 is 2.06 bits per heavy atom. The van der Waals surface area contributed by atoms with Crippen LogP contribution in [0.1, 0.15) is 83.5 Å². The fourth-order valence-electron chi connectivity index (χ4n) is 4.90. The van der Waals surface area contributed by atoms with E-state index in [0.29, 0.717) is 24.0 Å². The molecule has 34 heavy (non-hydrogen) atoms. The van der Waals surface area contributed by atoms with Crippen LogP contribution in [0.3, 0.4) is 0 Å². The van der Waals surface area contributed by atoms with Crippen LogP contribution in [0.15, 0.2) is 48.8 Å². The van der Waals surface area contributed by atoms with Gasteiger partial charge < -0.3 is 10.6 Å². The van der Waals surface area contributed by atoms with E-state index in [0.717, 1.165) is 28.1 Å². The van der Waals surface area contributed by atoms with Crippen molar-refractivity contribution in [2.45, 2.75) is 63.8 Å². The molecule has 0 spiro atoms. The summed E-state index contributed by atoms with van der Waals surface area (Å²) in [5, 5.41) is 5.86. The Labute approximate surface area is 199 Å². The third-order valence-electron chi connectivity index (χ3n) is 7.47. The molecule has 0 aromatic carbocycles. The molecule has 2 N–H and O–H groups in total. The maximum Gasteiger partial charge on any atom is 0.270 e. The number of nitrogens with one attached hydrogen (secondary N) is 2. The van der Waals surface area contributed by atoms with Crippen molar-refractivity contribution in [2.24, 2.45) is 0 Å². The van der Waals surface area contributed by atoms with Gasteiger partial charge in [0.15, 0.2) is 0 Å². The van der Waals surface area contributed by atoms with Gasteiger partial charge >= 0.3 is 0 Å². The Hall–Kier alpha value is -3.61. The Bertz CT molecular complexity index is 1250. The first-order chi connectivity index (χ1) is 16.4. The normalized spacial score (nSPS) is 20.3. The van der Waals surface area contributed by atoms with Gasteiger partial charge in [0, 0.05) is 47.7 Å². The number of carbonyl (C=O) groups is 2. The number of amides is 2. The van der Waals surface area contributed by atoms with Gasteiger partial charge in [-0.25, -0.2) is 4.98 Å². The minimum absolute atomic E-state index is 0.0792. The second-order valence-corrected chi connectivity index (χ2v) is 9.61. The molecule has 3 aromatic heterocycles. The third-order valence-corrected chi connectivity index (χ3v) is 7.47. The first-order valence-corrected chi connectivity index (χ1v) is 11.8. The van der Waals surface area contributed by atoms with Crippen molar-refractivity contribution in [3.63, 3.8) is 0 Å². The Kier molecular flexibility index (Phi) is 5.63. The highest BCUT2D eigenvalue weighted by molar-refractivity contribution is 6.05. The molecule has 5 rings (SSSR count). The van der Waals surface area contributed by atoms with E-state index >= 15 is 0 Å². The molecular formula is C27H29N5O2. The molecule has 7 heteroatoms. The number of pyridine rings is 3. The number of aromatic nitrogens is 3. The van der Waals surface area contributed by atoms with Gasteiger partial charge in [0.25, 0.3) is 5.91 Å². The molecule has 1 aliphatic carbocycles. The van der Waals surface area contributed by atoms with Crippen LogP contribution in [-0.2, 0) is 16.8 Å². The largest absolute Gasteiger partial charge is 0.347 e. The molecule has 0 bridgehead atoms. The molecule has 0 unspecified atom stereocenters. The Morgan fingerprint density at radius 1 is 1.24 bits per heavy atom. The summed E-state index contributed by atoms with van der Waals surface area (Å²) < 4.78 is 0. The quantitative estimate of drug-likeness (QED) is 0.575. The molecule has 2 amide bonds. The second kappa shape index (κ2) is 8.63. The number of nitrogens with zero attached hydrogens (tertiary/aromatic N) is 3. The van der Waals surface area contributed by atoms with Crippen molar-refractivity contribution in [1.29, 1.82) is 0 Å². The van der Waals surface area contributed by atoms with Gasteiger partial charge in [0.05, 0.1) is 5.41 Å². The van der Waals surface area contributed by atoms with Crippen LogP contribution in [0.25, 0.3) is 0 Å². The van der Waals surface area contributed by atoms with Gasteiger partial charge in [-0.3, -0.25) is 19.6 Å². The lowest BCUT2D eigenvalue weighted by Crippen LogP contribution is -2.36. The van der Waals surface area contributed by atoms with Crippen LogP contribution in [0.4, 0.5) is 5.82 Å². The fraction of sp³-hybridized carbons (Fsp3) is 0.370. The van der Waals surface area contributed by atoms with Crippen molar-refractivity contribution in [3.05, 3.63) is 82.6 Å². The molecule has 1 saturated carbocycles. The van der Waals surface area contributed by atoms with Crippen molar-refractivity contribution in [3.8, 4) is 0 Å². The molecule has 7 nitrogen and oxygen atoms in total. The van der Waals surface area contributed by atoms with E-state index in [1.54, 1.807) is 18.5 Å². The fourth-order valence-corrected chi connectivity index (χ4v) is 4.90. The van der Waals surface area contributed by atoms with Crippen LogP contribution in [0.2, 0.25) is 0 Å². The predicted octanol–water partition coefficient (Wildman–Crippen LogP) is 4.39. The minimum atomic E-state index is -0.758. The molecule has 2 atom stereocenters. The molecule has 1 fully saturated rings. The molecule has 174 valence electrons. The maximum absolute atomic E-state index is 12.8. The molecule has 4 heterocycles. The number of rotatable bonds is 6. The Balaban J connectivity index is 1.28. The van der Waals surface area contributed by atoms with E-state index in [1.807, 2.05) is 45.0 Å². The lowest BCUT2D eigenvalue weighted by molar-refractivity contribution is -0.120. The van der Waals surface area contributed by atoms with Crippen molar-refractivity contribution in [2.75, 3.05) is 5.32 Å². The number of fused-ring (bicyclic) bond motifs is 1. The molecule has 2 aliphatic rings. The van der Waals surface area contributed by atoms with Crippen LogP contribution < -0.4 is 10.6 Å². The van der Waals surface area contributed by atoms with Gasteiger partial charge in [-0.1, -0.05) is 25.5 Å². The molecule has 1 aliphatic heterocycles. The lowest BCUT2D eigenvalue weighted by Gasteiger charge is -2.29. The van der Waals surface area contributed by atoms with Crippen molar-refractivity contribution < 1.29 is 9.59 Å². The van der Waals surface area contributed by atoms with Gasteiger partial charge in [-0.05, 0) is 62.1 Å². The van der Waals surface area contributed by atoms with Gasteiger partial charge in [-0.15, -0.1) is 0 Å². The van der Waals surface area contributed by atoms with Gasteiger partial charge in [0.2, 0.25) is 5.91 Å². The summed E-state index contributed by atoms with van der Waals surface area (Å²) in [5.41, 5.74) is 4.53. The maximum atomic E-state index is 12.8. The average molecular weight is 456 g/mol. The summed E-state index contributed by atoms with van der Waals surface area (Å²) in [6.45, 7) is 6.36. The summed E-state index contributed by atoms with van der Waals surface area (Å²) in [5.74, 6) is 0.713. The summed E-state index contributed by atoms with van der Waals surface area (Å²) in [6.07, 6.45) is 7.02. The summed E-state index contributed by atoms with van der Waals surface area (Å²) in [6, 6.07) is 11.5. The first kappa shape index (κ1) is 22.2. The first-order valence-electron chi connectivity index (χ1n) is 11.8. The standard InChI is InChI=1S/C27H29N5O2/c1-16-12-18(13-23(31-16)19-6-4-7-19)14-30-25(33)22-10-9-20(15-29-22)17(2)27(3)21-8-5-11-28-24(21)32-26(27)34/h5,8-13,15,17,19H,4,6-7,14H2,1-3H3,(H,30,33)(H,28,32,34)/t17-,27-/m1/s1. The SMILES string of the molecule is Cc1cc(CNC(=O)c2ccc([C@@H](C)[C@@]3(C)C(=O)Nc4ncccc43)cn2)cc(C2CCC2)n1. The number of anilines is 1. The third kappa shape index (κ3) is 3.85. The number of aryl methyl sites for hydroxylation is 1. The van der Waals surface area contributed by atoms with Crippen LogP contribution in [-0.4, -0.2) is 26.8 Å². The average Bonchev–Trinajstić information content (AvgIpc) is 3.06. The van der Waals surface area contributed by atoms with Crippen molar-refractivity contribution in [1.82, 2.24) is 20.3 Å². The highest BCUT2D eigenvalue weighted by Crippen LogP contribution is 2.45. The topological polar surface area (TPSA) is 96.9 Å². The molecule has 3 aromatic rings. The Morgan fingerprint density at radius 3 is 2.76 bits per heavy atom. The van der Waals surface area contributed by atoms with E-state index in [4.69, 9.17) is 0 Å². The predicted molar refractivity (Wildman–Crippen MR) is 130 cm³/mol. The zero-order valence-electron chi connectivity index (χ0n) is 19.8. The summed E-state index contributed by atoms with van der Waals surface area (Å²) in [7, 11) is 0.